The fourth-order valence-electron chi connectivity index (χ4n) is 2.40. The van der Waals surface area contributed by atoms with Gasteiger partial charge in [-0.05, 0) is 30.7 Å². The minimum atomic E-state index is 0.0913. The number of hydrogen-bond acceptors (Lipinski definition) is 4. The van der Waals surface area contributed by atoms with Gasteiger partial charge in [-0.25, -0.2) is 4.98 Å². The fraction of sp³-hybridized carbons (Fsp3) is 0.294. The van der Waals surface area contributed by atoms with Crippen LogP contribution < -0.4 is 15.4 Å². The molecule has 2 aromatic rings. The maximum absolute atomic E-state index is 11.9. The van der Waals surface area contributed by atoms with Crippen LogP contribution in [0.5, 0.6) is 11.6 Å². The van der Waals surface area contributed by atoms with Crippen molar-refractivity contribution in [2.45, 2.75) is 13.0 Å². The summed E-state index contributed by atoms with van der Waals surface area (Å²) in [5.41, 5.74) is 0.958. The molecule has 1 aromatic heterocycles. The Balaban J connectivity index is 1.52. The van der Waals surface area contributed by atoms with Crippen molar-refractivity contribution in [2.75, 3.05) is 13.1 Å². The molecule has 22 heavy (non-hydrogen) atoms. The Kier molecular flexibility index (Phi) is 4.65. The van der Waals surface area contributed by atoms with Crippen LogP contribution in [0.25, 0.3) is 0 Å². The molecule has 0 radical (unpaired) electrons. The van der Waals surface area contributed by atoms with Gasteiger partial charge in [0.15, 0.2) is 0 Å². The zero-order valence-electron chi connectivity index (χ0n) is 12.3. The smallest absolute Gasteiger partial charge is 0.224 e. The van der Waals surface area contributed by atoms with E-state index in [-0.39, 0.29) is 11.8 Å². The van der Waals surface area contributed by atoms with E-state index in [4.69, 9.17) is 4.74 Å². The van der Waals surface area contributed by atoms with Gasteiger partial charge in [0.2, 0.25) is 11.8 Å². The molecule has 2 N–H and O–H groups in total. The van der Waals surface area contributed by atoms with E-state index < -0.39 is 0 Å². The predicted molar refractivity (Wildman–Crippen MR) is 83.6 cm³/mol. The summed E-state index contributed by atoms with van der Waals surface area (Å²) in [5.74, 6) is 1.49. The van der Waals surface area contributed by atoms with Crippen molar-refractivity contribution in [1.82, 2.24) is 15.6 Å². The predicted octanol–water partition coefficient (Wildman–Crippen LogP) is 2.10. The van der Waals surface area contributed by atoms with E-state index in [1.54, 1.807) is 6.20 Å². The largest absolute Gasteiger partial charge is 0.439 e. The zero-order chi connectivity index (χ0) is 15.2. The number of para-hydroxylation sites is 1. The summed E-state index contributed by atoms with van der Waals surface area (Å²) in [6.45, 7) is 2.19. The topological polar surface area (TPSA) is 63.2 Å². The number of aromatic nitrogens is 1. The number of pyridine rings is 1. The number of amides is 1. The third kappa shape index (κ3) is 3.83. The molecule has 0 bridgehead atoms. The lowest BCUT2D eigenvalue weighted by molar-refractivity contribution is -0.124. The van der Waals surface area contributed by atoms with Gasteiger partial charge < -0.3 is 15.4 Å². The van der Waals surface area contributed by atoms with E-state index in [0.717, 1.165) is 30.8 Å². The molecule has 0 aliphatic carbocycles. The fourth-order valence-corrected chi connectivity index (χ4v) is 2.40. The van der Waals surface area contributed by atoms with Gasteiger partial charge in [-0.1, -0.05) is 24.3 Å². The van der Waals surface area contributed by atoms with Crippen LogP contribution in [-0.2, 0) is 11.3 Å². The number of rotatable bonds is 5. The van der Waals surface area contributed by atoms with Crippen LogP contribution in [-0.4, -0.2) is 24.0 Å². The minimum absolute atomic E-state index is 0.0913. The molecule has 114 valence electrons. The molecular formula is C17H19N3O2. The summed E-state index contributed by atoms with van der Waals surface area (Å²) in [5, 5.41) is 6.14. The van der Waals surface area contributed by atoms with E-state index in [1.807, 2.05) is 42.5 Å². The Labute approximate surface area is 129 Å². The first kappa shape index (κ1) is 14.5. The molecule has 1 aromatic carbocycles. The van der Waals surface area contributed by atoms with Crippen molar-refractivity contribution >= 4 is 5.91 Å². The standard InChI is InChI=1S/C17H19N3O2/c21-17(14-8-9-18-12-14)20-11-13-6-7-16(19-10-13)22-15-4-2-1-3-5-15/h1-7,10,14,18H,8-9,11-12H2,(H,20,21). The molecule has 5 heteroatoms. The monoisotopic (exact) mass is 297 g/mol. The summed E-state index contributed by atoms with van der Waals surface area (Å²) in [4.78, 5) is 16.2. The van der Waals surface area contributed by atoms with Crippen molar-refractivity contribution in [3.63, 3.8) is 0 Å². The summed E-state index contributed by atoms with van der Waals surface area (Å²) >= 11 is 0. The lowest BCUT2D eigenvalue weighted by Gasteiger charge is -2.10. The lowest BCUT2D eigenvalue weighted by Crippen LogP contribution is -2.31. The number of ether oxygens (including phenoxy) is 1. The number of carbonyl (C=O) groups is 1. The molecule has 1 atom stereocenters. The van der Waals surface area contributed by atoms with Crippen molar-refractivity contribution < 1.29 is 9.53 Å². The second-order valence-electron chi connectivity index (χ2n) is 5.33. The quantitative estimate of drug-likeness (QED) is 0.887. The number of benzene rings is 1. The third-order valence-electron chi connectivity index (χ3n) is 3.66. The highest BCUT2D eigenvalue weighted by Gasteiger charge is 2.21. The van der Waals surface area contributed by atoms with E-state index in [2.05, 4.69) is 15.6 Å². The Morgan fingerprint density at radius 1 is 1.27 bits per heavy atom. The van der Waals surface area contributed by atoms with Crippen molar-refractivity contribution in [3.8, 4) is 11.6 Å². The number of nitrogens with zero attached hydrogens (tertiary/aromatic N) is 1. The highest BCUT2D eigenvalue weighted by molar-refractivity contribution is 5.79. The molecular weight excluding hydrogens is 278 g/mol. The van der Waals surface area contributed by atoms with Crippen LogP contribution in [0.4, 0.5) is 0 Å². The molecule has 2 heterocycles. The minimum Gasteiger partial charge on any atom is -0.439 e. The van der Waals surface area contributed by atoms with Crippen LogP contribution in [0.1, 0.15) is 12.0 Å². The Morgan fingerprint density at radius 2 is 2.14 bits per heavy atom. The first-order valence-electron chi connectivity index (χ1n) is 7.47. The van der Waals surface area contributed by atoms with E-state index >= 15 is 0 Å². The number of hydrogen-bond donors (Lipinski definition) is 2. The van der Waals surface area contributed by atoms with Gasteiger partial charge in [-0.15, -0.1) is 0 Å². The third-order valence-corrected chi connectivity index (χ3v) is 3.66. The summed E-state index contributed by atoms with van der Waals surface area (Å²) in [6.07, 6.45) is 2.64. The van der Waals surface area contributed by atoms with Crippen LogP contribution in [0.2, 0.25) is 0 Å². The van der Waals surface area contributed by atoms with Gasteiger partial charge >= 0.3 is 0 Å². The Bertz CT molecular complexity index is 608. The van der Waals surface area contributed by atoms with Gasteiger partial charge in [0, 0.05) is 25.4 Å². The van der Waals surface area contributed by atoms with Gasteiger partial charge in [-0.2, -0.15) is 0 Å². The molecule has 1 aliphatic heterocycles. The van der Waals surface area contributed by atoms with E-state index in [0.29, 0.717) is 12.4 Å². The molecule has 1 unspecified atom stereocenters. The SMILES string of the molecule is O=C(NCc1ccc(Oc2ccccc2)nc1)C1CCNC1. The number of nitrogens with one attached hydrogen (secondary N) is 2. The Hall–Kier alpha value is -2.40. The highest BCUT2D eigenvalue weighted by atomic mass is 16.5. The average molecular weight is 297 g/mol. The van der Waals surface area contributed by atoms with Crippen molar-refractivity contribution in [3.05, 3.63) is 54.2 Å². The molecule has 1 aliphatic rings. The van der Waals surface area contributed by atoms with Crippen LogP contribution in [0.3, 0.4) is 0 Å². The second kappa shape index (κ2) is 7.04. The van der Waals surface area contributed by atoms with Crippen LogP contribution in [0.15, 0.2) is 48.7 Å². The molecule has 1 saturated heterocycles. The summed E-state index contributed by atoms with van der Waals surface area (Å²) in [7, 11) is 0. The molecule has 3 rings (SSSR count). The molecule has 1 fully saturated rings. The normalized spacial score (nSPS) is 17.2. The first-order chi connectivity index (χ1) is 10.8. The van der Waals surface area contributed by atoms with Crippen LogP contribution >= 0.6 is 0 Å². The maximum atomic E-state index is 11.9. The summed E-state index contributed by atoms with van der Waals surface area (Å²) < 4.78 is 5.63. The van der Waals surface area contributed by atoms with E-state index in [1.165, 1.54) is 0 Å². The van der Waals surface area contributed by atoms with Gasteiger partial charge in [-0.3, -0.25) is 4.79 Å². The zero-order valence-corrected chi connectivity index (χ0v) is 12.3. The molecule has 0 saturated carbocycles. The molecule has 0 spiro atoms. The molecule has 5 nitrogen and oxygen atoms in total. The van der Waals surface area contributed by atoms with Gasteiger partial charge in [0.25, 0.3) is 0 Å². The molecule has 1 amide bonds. The summed E-state index contributed by atoms with van der Waals surface area (Å²) in [6, 6.07) is 13.3. The van der Waals surface area contributed by atoms with Gasteiger partial charge in [0.1, 0.15) is 5.75 Å². The first-order valence-corrected chi connectivity index (χ1v) is 7.47. The maximum Gasteiger partial charge on any atom is 0.224 e. The van der Waals surface area contributed by atoms with E-state index in [9.17, 15) is 4.79 Å². The average Bonchev–Trinajstić information content (AvgIpc) is 3.09. The highest BCUT2D eigenvalue weighted by Crippen LogP contribution is 2.18. The number of carbonyl (C=O) groups excluding carboxylic acids is 1. The van der Waals surface area contributed by atoms with Crippen LogP contribution in [0, 0.1) is 5.92 Å². The van der Waals surface area contributed by atoms with Crippen molar-refractivity contribution in [2.24, 2.45) is 5.92 Å². The second-order valence-corrected chi connectivity index (χ2v) is 5.33. The van der Waals surface area contributed by atoms with Gasteiger partial charge in [0.05, 0.1) is 5.92 Å². The Morgan fingerprint density at radius 3 is 2.82 bits per heavy atom. The lowest BCUT2D eigenvalue weighted by atomic mass is 10.1. The van der Waals surface area contributed by atoms with Crippen molar-refractivity contribution in [1.29, 1.82) is 0 Å².